The highest BCUT2D eigenvalue weighted by Gasteiger charge is 2.06. The summed E-state index contributed by atoms with van der Waals surface area (Å²) in [6, 6.07) is 9.08. The number of nitrogens with one attached hydrogen (secondary N) is 1. The zero-order chi connectivity index (χ0) is 15.4. The Labute approximate surface area is 131 Å². The summed E-state index contributed by atoms with van der Waals surface area (Å²) in [5.74, 6) is 0. The van der Waals surface area contributed by atoms with Gasteiger partial charge in [0.1, 0.15) is 0 Å². The molecule has 112 valence electrons. The van der Waals surface area contributed by atoms with E-state index in [1.807, 2.05) is 19.9 Å². The van der Waals surface area contributed by atoms with Crippen molar-refractivity contribution in [2.45, 2.75) is 57.3 Å². The summed E-state index contributed by atoms with van der Waals surface area (Å²) in [5, 5.41) is 4.26. The molecule has 1 heterocycles. The molecule has 4 heteroatoms. The van der Waals surface area contributed by atoms with Crippen molar-refractivity contribution in [1.82, 2.24) is 15.3 Å². The van der Waals surface area contributed by atoms with Gasteiger partial charge in [0.05, 0.1) is 0 Å². The molecule has 1 aromatic carbocycles. The van der Waals surface area contributed by atoms with Crippen molar-refractivity contribution in [2.75, 3.05) is 0 Å². The maximum atomic E-state index is 4.49. The van der Waals surface area contributed by atoms with E-state index in [9.17, 15) is 0 Å². The third-order valence-corrected chi connectivity index (χ3v) is 4.16. The molecule has 0 unspecified atom stereocenters. The summed E-state index contributed by atoms with van der Waals surface area (Å²) in [4.78, 5) is 10.2. The van der Waals surface area contributed by atoms with Crippen LogP contribution in [0.25, 0.3) is 0 Å². The zero-order valence-corrected chi connectivity index (χ0v) is 14.2. The van der Waals surface area contributed by atoms with Crippen LogP contribution in [0.2, 0.25) is 0 Å². The predicted octanol–water partition coefficient (Wildman–Crippen LogP) is 4.05. The van der Waals surface area contributed by atoms with Crippen LogP contribution in [0.5, 0.6) is 0 Å². The first-order chi connectivity index (χ1) is 9.94. The average molecular weight is 301 g/mol. The second-order valence-corrected chi connectivity index (χ2v) is 6.68. The Kier molecular flexibility index (Phi) is 5.37. The van der Waals surface area contributed by atoms with E-state index in [1.54, 1.807) is 11.8 Å². The van der Waals surface area contributed by atoms with Crippen molar-refractivity contribution in [3.63, 3.8) is 0 Å². The van der Waals surface area contributed by atoms with Gasteiger partial charge in [-0.2, -0.15) is 0 Å². The quantitative estimate of drug-likeness (QED) is 0.845. The fourth-order valence-electron chi connectivity index (χ4n) is 2.10. The number of benzene rings is 1. The average Bonchev–Trinajstić information content (AvgIpc) is 2.38. The number of aromatic nitrogens is 2. The molecule has 0 bridgehead atoms. The number of rotatable bonds is 5. The molecule has 2 aromatic rings. The van der Waals surface area contributed by atoms with E-state index in [4.69, 9.17) is 0 Å². The maximum absolute atomic E-state index is 4.49. The van der Waals surface area contributed by atoms with Crippen molar-refractivity contribution in [1.29, 1.82) is 0 Å². The van der Waals surface area contributed by atoms with Gasteiger partial charge in [-0.15, -0.1) is 0 Å². The van der Waals surface area contributed by atoms with Gasteiger partial charge < -0.3 is 5.32 Å². The molecule has 2 rings (SSSR count). The van der Waals surface area contributed by atoms with Gasteiger partial charge in [-0.1, -0.05) is 26.0 Å². The molecule has 0 fully saturated rings. The molecular formula is C17H23N3S. The lowest BCUT2D eigenvalue weighted by Crippen LogP contribution is -2.21. The fraction of sp³-hybridized carbons (Fsp3) is 0.412. The van der Waals surface area contributed by atoms with Crippen LogP contribution >= 0.6 is 11.8 Å². The first kappa shape index (κ1) is 16.0. The molecule has 0 saturated carbocycles. The van der Waals surface area contributed by atoms with Gasteiger partial charge >= 0.3 is 0 Å². The SMILES string of the molecule is Cc1cc(C)nc(Sc2ccc(CNC(C)C)cc2C)n1. The maximum Gasteiger partial charge on any atom is 0.192 e. The van der Waals surface area contributed by atoms with Crippen molar-refractivity contribution in [3.8, 4) is 0 Å². The van der Waals surface area contributed by atoms with Gasteiger partial charge in [0.25, 0.3) is 0 Å². The fourth-order valence-corrected chi connectivity index (χ4v) is 3.03. The van der Waals surface area contributed by atoms with E-state index in [0.29, 0.717) is 6.04 Å². The molecule has 3 nitrogen and oxygen atoms in total. The van der Waals surface area contributed by atoms with Crippen LogP contribution in [0.15, 0.2) is 34.3 Å². The van der Waals surface area contributed by atoms with Gasteiger partial charge in [-0.05, 0) is 55.8 Å². The van der Waals surface area contributed by atoms with E-state index >= 15 is 0 Å². The highest BCUT2D eigenvalue weighted by atomic mass is 32.2. The highest BCUT2D eigenvalue weighted by Crippen LogP contribution is 2.28. The Morgan fingerprint density at radius 1 is 1.05 bits per heavy atom. The topological polar surface area (TPSA) is 37.8 Å². The number of aryl methyl sites for hydroxylation is 3. The number of nitrogens with zero attached hydrogens (tertiary/aromatic N) is 2. The van der Waals surface area contributed by atoms with E-state index < -0.39 is 0 Å². The second kappa shape index (κ2) is 7.05. The molecule has 0 aliphatic rings. The Morgan fingerprint density at radius 3 is 2.29 bits per heavy atom. The van der Waals surface area contributed by atoms with Gasteiger partial charge in [0.2, 0.25) is 0 Å². The van der Waals surface area contributed by atoms with Crippen molar-refractivity contribution in [2.24, 2.45) is 0 Å². The third kappa shape index (κ3) is 4.83. The molecule has 0 aliphatic carbocycles. The van der Waals surface area contributed by atoms with Crippen LogP contribution in [-0.4, -0.2) is 16.0 Å². The van der Waals surface area contributed by atoms with E-state index in [2.05, 4.69) is 54.3 Å². The highest BCUT2D eigenvalue weighted by molar-refractivity contribution is 7.99. The van der Waals surface area contributed by atoms with Crippen molar-refractivity contribution >= 4 is 11.8 Å². The van der Waals surface area contributed by atoms with Crippen LogP contribution in [0, 0.1) is 20.8 Å². The Balaban J connectivity index is 2.13. The van der Waals surface area contributed by atoms with Crippen molar-refractivity contribution < 1.29 is 0 Å². The molecule has 21 heavy (non-hydrogen) atoms. The lowest BCUT2D eigenvalue weighted by atomic mass is 10.1. The summed E-state index contributed by atoms with van der Waals surface area (Å²) in [5.41, 5.74) is 4.61. The Hall–Kier alpha value is -1.39. The minimum atomic E-state index is 0.503. The molecule has 0 amide bonds. The van der Waals surface area contributed by atoms with Gasteiger partial charge in [-0.3, -0.25) is 0 Å². The zero-order valence-electron chi connectivity index (χ0n) is 13.4. The molecule has 0 radical (unpaired) electrons. The first-order valence-corrected chi connectivity index (χ1v) is 8.09. The minimum absolute atomic E-state index is 0.503. The van der Waals surface area contributed by atoms with E-state index in [1.165, 1.54) is 16.0 Å². The predicted molar refractivity (Wildman–Crippen MR) is 88.8 cm³/mol. The Morgan fingerprint density at radius 2 is 1.71 bits per heavy atom. The summed E-state index contributed by atoms with van der Waals surface area (Å²) in [7, 11) is 0. The number of hydrogen-bond donors (Lipinski definition) is 1. The molecule has 0 spiro atoms. The van der Waals surface area contributed by atoms with Gasteiger partial charge in [-0.25, -0.2) is 9.97 Å². The van der Waals surface area contributed by atoms with Crippen LogP contribution in [-0.2, 0) is 6.54 Å². The molecule has 1 aromatic heterocycles. The van der Waals surface area contributed by atoms with Crippen LogP contribution in [0.4, 0.5) is 0 Å². The second-order valence-electron chi connectivity index (χ2n) is 5.67. The minimum Gasteiger partial charge on any atom is -0.310 e. The molecule has 0 atom stereocenters. The molecular weight excluding hydrogens is 278 g/mol. The van der Waals surface area contributed by atoms with Crippen LogP contribution in [0.1, 0.15) is 36.4 Å². The standard InChI is InChI=1S/C17H23N3S/c1-11(2)18-10-15-6-7-16(12(3)8-15)21-17-19-13(4)9-14(5)20-17/h6-9,11,18H,10H2,1-5H3. The monoisotopic (exact) mass is 301 g/mol. The third-order valence-electron chi connectivity index (χ3n) is 3.12. The summed E-state index contributed by atoms with van der Waals surface area (Å²) in [6.07, 6.45) is 0. The number of hydrogen-bond acceptors (Lipinski definition) is 4. The normalized spacial score (nSPS) is 11.1. The molecule has 0 saturated heterocycles. The Bertz CT molecular complexity index is 603. The first-order valence-electron chi connectivity index (χ1n) is 7.27. The van der Waals surface area contributed by atoms with Gasteiger partial charge in [0.15, 0.2) is 5.16 Å². The lowest BCUT2D eigenvalue weighted by Gasteiger charge is -2.11. The molecule has 1 N–H and O–H groups in total. The van der Waals surface area contributed by atoms with Crippen LogP contribution < -0.4 is 5.32 Å². The van der Waals surface area contributed by atoms with E-state index in [-0.39, 0.29) is 0 Å². The summed E-state index contributed by atoms with van der Waals surface area (Å²) >= 11 is 1.63. The van der Waals surface area contributed by atoms with E-state index in [0.717, 1.165) is 23.1 Å². The molecule has 0 aliphatic heterocycles. The smallest absolute Gasteiger partial charge is 0.192 e. The largest absolute Gasteiger partial charge is 0.310 e. The van der Waals surface area contributed by atoms with Crippen molar-refractivity contribution in [3.05, 3.63) is 46.8 Å². The summed E-state index contributed by atoms with van der Waals surface area (Å²) in [6.45, 7) is 11.4. The van der Waals surface area contributed by atoms with Gasteiger partial charge in [0, 0.05) is 28.9 Å². The lowest BCUT2D eigenvalue weighted by molar-refractivity contribution is 0.588. The van der Waals surface area contributed by atoms with Crippen LogP contribution in [0.3, 0.4) is 0 Å². The summed E-state index contributed by atoms with van der Waals surface area (Å²) < 4.78 is 0.